The van der Waals surface area contributed by atoms with E-state index >= 15 is 0 Å². The normalized spacial score (nSPS) is 35.7. The lowest BCUT2D eigenvalue weighted by Crippen LogP contribution is -2.54. The topological polar surface area (TPSA) is 81.3 Å². The van der Waals surface area contributed by atoms with Gasteiger partial charge in [0.25, 0.3) is 0 Å². The SMILES string of the molecule is CCOC(=O)CC[C@@H](C)[C@H]1CC[C@H]2[C@@H]3CC=C4C(C)(C)c5[nH]nc(C(=O)OCC)c5C[C@]4(C)[C@H]3CC[C@]12C. The molecule has 4 aliphatic carbocycles. The summed E-state index contributed by atoms with van der Waals surface area (Å²) in [5.41, 5.74) is 4.31. The molecule has 6 heteroatoms. The number of fused-ring (bicyclic) bond motifs is 6. The molecule has 38 heavy (non-hydrogen) atoms. The van der Waals surface area contributed by atoms with Gasteiger partial charge in [-0.1, -0.05) is 46.3 Å². The van der Waals surface area contributed by atoms with Gasteiger partial charge in [0.2, 0.25) is 0 Å². The van der Waals surface area contributed by atoms with Gasteiger partial charge in [0, 0.05) is 23.1 Å². The second-order valence-electron chi connectivity index (χ2n) is 13.6. The van der Waals surface area contributed by atoms with E-state index in [-0.39, 0.29) is 22.8 Å². The highest BCUT2D eigenvalue weighted by Crippen LogP contribution is 2.68. The minimum Gasteiger partial charge on any atom is -0.466 e. The van der Waals surface area contributed by atoms with Crippen molar-refractivity contribution >= 4 is 11.9 Å². The maximum absolute atomic E-state index is 12.8. The average molecular weight is 525 g/mol. The predicted molar refractivity (Wildman–Crippen MR) is 148 cm³/mol. The first-order chi connectivity index (χ1) is 18.0. The maximum Gasteiger partial charge on any atom is 0.359 e. The molecule has 2 fully saturated rings. The van der Waals surface area contributed by atoms with E-state index in [0.717, 1.165) is 30.5 Å². The largest absolute Gasteiger partial charge is 0.466 e. The number of aromatic amines is 1. The first-order valence-electron chi connectivity index (χ1n) is 15.1. The zero-order valence-corrected chi connectivity index (χ0v) is 24.6. The van der Waals surface area contributed by atoms with Gasteiger partial charge in [-0.05, 0) is 99.2 Å². The van der Waals surface area contributed by atoms with Gasteiger partial charge in [0.05, 0.1) is 13.2 Å². The molecule has 0 aromatic carbocycles. The number of nitrogens with zero attached hydrogens (tertiary/aromatic N) is 1. The fourth-order valence-corrected chi connectivity index (χ4v) is 9.97. The van der Waals surface area contributed by atoms with E-state index in [4.69, 9.17) is 9.47 Å². The summed E-state index contributed by atoms with van der Waals surface area (Å²) < 4.78 is 10.6. The van der Waals surface area contributed by atoms with Gasteiger partial charge in [-0.25, -0.2) is 4.79 Å². The molecule has 1 N–H and O–H groups in total. The Morgan fingerprint density at radius 2 is 1.82 bits per heavy atom. The Kier molecular flexibility index (Phi) is 7.09. The standard InChI is InChI=1S/C32H48N2O4/c1-8-37-26(35)15-10-19(3)22-12-13-23-20-11-14-25-30(4,5)28-21(27(33-34-28)29(36)38-9-2)18-32(25,7)24(20)16-17-31(22,23)6/h14,19-20,22-24H,8-13,15-18H2,1-7H3,(H,33,34)/t19-,20+,22-,23+,24+,31-,32-/m1/s1. The number of H-pyrrole nitrogens is 1. The Hall–Kier alpha value is -2.11. The highest BCUT2D eigenvalue weighted by atomic mass is 16.5. The van der Waals surface area contributed by atoms with E-state index < -0.39 is 0 Å². The molecule has 5 rings (SSSR count). The summed E-state index contributed by atoms with van der Waals surface area (Å²) in [5, 5.41) is 7.72. The van der Waals surface area contributed by atoms with E-state index in [1.54, 1.807) is 0 Å². The lowest BCUT2D eigenvalue weighted by molar-refractivity contribution is -0.143. The molecule has 0 saturated heterocycles. The molecule has 7 atom stereocenters. The van der Waals surface area contributed by atoms with Crippen LogP contribution in [0.3, 0.4) is 0 Å². The quantitative estimate of drug-likeness (QED) is 0.314. The van der Waals surface area contributed by atoms with Crippen LogP contribution in [0, 0.1) is 40.4 Å². The lowest BCUT2D eigenvalue weighted by atomic mass is 9.44. The summed E-state index contributed by atoms with van der Waals surface area (Å²) in [6.45, 7) is 16.5. The van der Waals surface area contributed by atoms with Crippen LogP contribution in [0.4, 0.5) is 0 Å². The molecule has 0 unspecified atom stereocenters. The third-order valence-corrected chi connectivity index (χ3v) is 11.5. The predicted octanol–water partition coefficient (Wildman–Crippen LogP) is 6.79. The Bertz CT molecular complexity index is 1120. The van der Waals surface area contributed by atoms with E-state index in [1.807, 2.05) is 13.8 Å². The molecule has 1 aromatic heterocycles. The number of nitrogens with one attached hydrogen (secondary N) is 1. The molecule has 1 heterocycles. The summed E-state index contributed by atoms with van der Waals surface area (Å²) in [5.74, 6) is 2.82. The van der Waals surface area contributed by atoms with Gasteiger partial charge in [-0.2, -0.15) is 5.10 Å². The Labute approximate surface area is 228 Å². The number of carbonyl (C=O) groups excluding carboxylic acids is 2. The van der Waals surface area contributed by atoms with Crippen LogP contribution in [0.1, 0.15) is 115 Å². The highest BCUT2D eigenvalue weighted by molar-refractivity contribution is 5.89. The molecule has 0 aliphatic heterocycles. The summed E-state index contributed by atoms with van der Waals surface area (Å²) in [6.07, 6.45) is 11.1. The first kappa shape index (κ1) is 27.5. The van der Waals surface area contributed by atoms with Crippen LogP contribution in [-0.2, 0) is 26.1 Å². The Morgan fingerprint density at radius 3 is 2.53 bits per heavy atom. The minimum atomic E-state index is -0.309. The van der Waals surface area contributed by atoms with Crippen molar-refractivity contribution in [2.75, 3.05) is 13.2 Å². The molecule has 0 amide bonds. The molecule has 0 radical (unpaired) electrons. The number of allylic oxidation sites excluding steroid dienone is 2. The van der Waals surface area contributed by atoms with Gasteiger partial charge in [-0.15, -0.1) is 0 Å². The molecular formula is C32H48N2O4. The number of carbonyl (C=O) groups is 2. The molecule has 1 aromatic rings. The van der Waals surface area contributed by atoms with Crippen molar-refractivity contribution in [2.45, 2.75) is 105 Å². The molecule has 4 aliphatic rings. The summed E-state index contributed by atoms with van der Waals surface area (Å²) in [6, 6.07) is 0. The van der Waals surface area contributed by atoms with Crippen LogP contribution < -0.4 is 0 Å². The van der Waals surface area contributed by atoms with Crippen molar-refractivity contribution in [3.63, 3.8) is 0 Å². The third-order valence-electron chi connectivity index (χ3n) is 11.5. The van der Waals surface area contributed by atoms with Crippen LogP contribution in [0.5, 0.6) is 0 Å². The van der Waals surface area contributed by atoms with Crippen LogP contribution in [0.2, 0.25) is 0 Å². The van der Waals surface area contributed by atoms with Gasteiger partial charge in [0.15, 0.2) is 5.69 Å². The van der Waals surface area contributed by atoms with E-state index in [2.05, 4.69) is 50.9 Å². The van der Waals surface area contributed by atoms with Gasteiger partial charge in [-0.3, -0.25) is 9.89 Å². The lowest BCUT2D eigenvalue weighted by Gasteiger charge is -2.60. The molecule has 6 nitrogen and oxygen atoms in total. The zero-order valence-electron chi connectivity index (χ0n) is 24.6. The average Bonchev–Trinajstić information content (AvgIpc) is 3.44. The molecule has 0 spiro atoms. The molecule has 210 valence electrons. The number of rotatable bonds is 7. The van der Waals surface area contributed by atoms with Crippen LogP contribution in [0.25, 0.3) is 0 Å². The van der Waals surface area contributed by atoms with E-state index in [1.165, 1.54) is 31.3 Å². The highest BCUT2D eigenvalue weighted by Gasteiger charge is 2.61. The fourth-order valence-electron chi connectivity index (χ4n) is 9.97. The van der Waals surface area contributed by atoms with Gasteiger partial charge < -0.3 is 9.47 Å². The third kappa shape index (κ3) is 4.07. The smallest absolute Gasteiger partial charge is 0.359 e. The van der Waals surface area contributed by atoms with Crippen molar-refractivity contribution in [1.29, 1.82) is 0 Å². The van der Waals surface area contributed by atoms with Crippen molar-refractivity contribution in [3.05, 3.63) is 28.6 Å². The summed E-state index contributed by atoms with van der Waals surface area (Å²) in [7, 11) is 0. The maximum atomic E-state index is 12.8. The summed E-state index contributed by atoms with van der Waals surface area (Å²) >= 11 is 0. The van der Waals surface area contributed by atoms with Crippen molar-refractivity contribution in [3.8, 4) is 0 Å². The van der Waals surface area contributed by atoms with Gasteiger partial charge in [0.1, 0.15) is 0 Å². The van der Waals surface area contributed by atoms with Crippen molar-refractivity contribution in [1.82, 2.24) is 10.2 Å². The molecular weight excluding hydrogens is 476 g/mol. The Balaban J connectivity index is 1.41. The second-order valence-corrected chi connectivity index (χ2v) is 13.6. The Morgan fingerprint density at radius 1 is 1.08 bits per heavy atom. The fraction of sp³-hybridized carbons (Fsp3) is 0.781. The zero-order chi connectivity index (χ0) is 27.5. The van der Waals surface area contributed by atoms with Crippen LogP contribution in [0.15, 0.2) is 11.6 Å². The minimum absolute atomic E-state index is 0.0134. The van der Waals surface area contributed by atoms with E-state index in [9.17, 15) is 9.59 Å². The number of esters is 2. The second kappa shape index (κ2) is 9.82. The first-order valence-corrected chi connectivity index (χ1v) is 15.1. The summed E-state index contributed by atoms with van der Waals surface area (Å²) in [4.78, 5) is 24.9. The number of hydrogen-bond donors (Lipinski definition) is 1. The molecule has 0 bridgehead atoms. The molecule has 2 saturated carbocycles. The monoisotopic (exact) mass is 524 g/mol. The number of ether oxygens (including phenoxy) is 2. The van der Waals surface area contributed by atoms with E-state index in [0.29, 0.717) is 60.3 Å². The van der Waals surface area contributed by atoms with Crippen LogP contribution in [-0.4, -0.2) is 35.3 Å². The van der Waals surface area contributed by atoms with Gasteiger partial charge >= 0.3 is 11.9 Å². The number of hydrogen-bond acceptors (Lipinski definition) is 5. The number of aromatic nitrogens is 2. The van der Waals surface area contributed by atoms with Crippen molar-refractivity contribution in [2.24, 2.45) is 40.4 Å². The van der Waals surface area contributed by atoms with Crippen LogP contribution >= 0.6 is 0 Å². The van der Waals surface area contributed by atoms with Crippen molar-refractivity contribution < 1.29 is 19.1 Å².